The van der Waals surface area contributed by atoms with Gasteiger partial charge in [0.15, 0.2) is 5.96 Å². The zero-order chi connectivity index (χ0) is 19.8. The molecule has 1 saturated heterocycles. The topological polar surface area (TPSA) is 69.1 Å². The van der Waals surface area contributed by atoms with Crippen molar-refractivity contribution in [2.45, 2.75) is 45.7 Å². The molecule has 1 aromatic rings. The molecule has 0 radical (unpaired) electrons. The summed E-state index contributed by atoms with van der Waals surface area (Å²) in [6, 6.07) is 9.20. The van der Waals surface area contributed by atoms with E-state index >= 15 is 0 Å². The van der Waals surface area contributed by atoms with Crippen molar-refractivity contribution in [3.05, 3.63) is 35.4 Å². The van der Waals surface area contributed by atoms with E-state index in [0.29, 0.717) is 19.2 Å². The van der Waals surface area contributed by atoms with Gasteiger partial charge in [0.2, 0.25) is 0 Å². The number of hydrogen-bond donors (Lipinski definition) is 3. The SMILES string of the molecule is CCNC(=NCC1(CCO)CCOC1)NCC(C)N1CCc2ccccc2C1. The maximum Gasteiger partial charge on any atom is 0.191 e. The molecule has 2 atom stereocenters. The van der Waals surface area contributed by atoms with Gasteiger partial charge in [-0.2, -0.15) is 0 Å². The lowest BCUT2D eigenvalue weighted by Gasteiger charge is -2.34. The first-order chi connectivity index (χ1) is 13.7. The Morgan fingerprint density at radius 3 is 2.86 bits per heavy atom. The Labute approximate surface area is 169 Å². The van der Waals surface area contributed by atoms with Crippen molar-refractivity contribution in [1.82, 2.24) is 15.5 Å². The lowest BCUT2D eigenvalue weighted by Crippen LogP contribution is -2.47. The number of aliphatic imine (C=N–C) groups is 1. The van der Waals surface area contributed by atoms with Crippen LogP contribution in [0.15, 0.2) is 29.3 Å². The van der Waals surface area contributed by atoms with Crippen molar-refractivity contribution < 1.29 is 9.84 Å². The van der Waals surface area contributed by atoms with Crippen LogP contribution in [0.1, 0.15) is 37.8 Å². The van der Waals surface area contributed by atoms with E-state index in [0.717, 1.165) is 58.0 Å². The molecule has 0 aliphatic carbocycles. The van der Waals surface area contributed by atoms with Gasteiger partial charge in [0.25, 0.3) is 0 Å². The molecule has 0 amide bonds. The van der Waals surface area contributed by atoms with Crippen molar-refractivity contribution in [1.29, 1.82) is 0 Å². The van der Waals surface area contributed by atoms with Crippen LogP contribution in [0.4, 0.5) is 0 Å². The normalized spacial score (nSPS) is 24.0. The van der Waals surface area contributed by atoms with E-state index in [1.807, 2.05) is 0 Å². The number of aliphatic hydroxyl groups excluding tert-OH is 1. The van der Waals surface area contributed by atoms with Gasteiger partial charge in [-0.25, -0.2) is 0 Å². The molecule has 28 heavy (non-hydrogen) atoms. The predicted octanol–water partition coefficient (Wildman–Crippen LogP) is 1.78. The molecule has 6 heteroatoms. The number of fused-ring (bicyclic) bond motifs is 1. The summed E-state index contributed by atoms with van der Waals surface area (Å²) in [7, 11) is 0. The quantitative estimate of drug-likeness (QED) is 0.468. The third-order valence-corrected chi connectivity index (χ3v) is 6.09. The second kappa shape index (κ2) is 10.2. The highest BCUT2D eigenvalue weighted by molar-refractivity contribution is 5.79. The smallest absolute Gasteiger partial charge is 0.191 e. The Kier molecular flexibility index (Phi) is 7.71. The minimum absolute atomic E-state index is 0.0146. The van der Waals surface area contributed by atoms with Crippen LogP contribution in [0.2, 0.25) is 0 Å². The highest BCUT2D eigenvalue weighted by Crippen LogP contribution is 2.32. The summed E-state index contributed by atoms with van der Waals surface area (Å²) in [6.45, 7) is 10.5. The number of guanidine groups is 1. The predicted molar refractivity (Wildman–Crippen MR) is 114 cm³/mol. The molecule has 0 aromatic heterocycles. The van der Waals surface area contributed by atoms with Crippen LogP contribution >= 0.6 is 0 Å². The minimum atomic E-state index is -0.0146. The first-order valence-corrected chi connectivity index (χ1v) is 10.7. The van der Waals surface area contributed by atoms with E-state index in [1.54, 1.807) is 0 Å². The zero-order valence-corrected chi connectivity index (χ0v) is 17.4. The lowest BCUT2D eigenvalue weighted by atomic mass is 9.84. The third-order valence-electron chi connectivity index (χ3n) is 6.09. The molecule has 1 fully saturated rings. The molecule has 2 aliphatic rings. The van der Waals surface area contributed by atoms with Crippen LogP contribution in [0.3, 0.4) is 0 Å². The Bertz CT molecular complexity index is 643. The molecule has 0 bridgehead atoms. The molecule has 2 heterocycles. The fraction of sp³-hybridized carbons (Fsp3) is 0.682. The molecule has 3 N–H and O–H groups in total. The van der Waals surface area contributed by atoms with Gasteiger partial charge in [-0.3, -0.25) is 9.89 Å². The number of ether oxygens (including phenoxy) is 1. The van der Waals surface area contributed by atoms with Gasteiger partial charge in [0.05, 0.1) is 13.2 Å². The van der Waals surface area contributed by atoms with Crippen LogP contribution in [0, 0.1) is 5.41 Å². The van der Waals surface area contributed by atoms with Gasteiger partial charge in [0.1, 0.15) is 0 Å². The maximum absolute atomic E-state index is 9.41. The number of rotatable bonds is 8. The van der Waals surface area contributed by atoms with Crippen molar-refractivity contribution in [3.63, 3.8) is 0 Å². The molecule has 1 aromatic carbocycles. The Morgan fingerprint density at radius 2 is 2.14 bits per heavy atom. The van der Waals surface area contributed by atoms with Gasteiger partial charge < -0.3 is 20.5 Å². The summed E-state index contributed by atoms with van der Waals surface area (Å²) < 4.78 is 5.58. The summed E-state index contributed by atoms with van der Waals surface area (Å²) >= 11 is 0. The van der Waals surface area contributed by atoms with E-state index in [2.05, 4.69) is 53.6 Å². The average Bonchev–Trinajstić information content (AvgIpc) is 3.18. The van der Waals surface area contributed by atoms with Crippen molar-refractivity contribution in [2.24, 2.45) is 10.4 Å². The zero-order valence-electron chi connectivity index (χ0n) is 17.4. The monoisotopic (exact) mass is 388 g/mol. The molecular formula is C22H36N4O2. The molecule has 2 aliphatic heterocycles. The van der Waals surface area contributed by atoms with Gasteiger partial charge in [0, 0.05) is 50.8 Å². The molecule has 2 unspecified atom stereocenters. The Balaban J connectivity index is 1.54. The molecule has 6 nitrogen and oxygen atoms in total. The van der Waals surface area contributed by atoms with Gasteiger partial charge in [-0.1, -0.05) is 24.3 Å². The highest BCUT2D eigenvalue weighted by Gasteiger charge is 2.34. The van der Waals surface area contributed by atoms with Crippen LogP contribution in [0.25, 0.3) is 0 Å². The second-order valence-electron chi connectivity index (χ2n) is 8.19. The van der Waals surface area contributed by atoms with Crippen LogP contribution < -0.4 is 10.6 Å². The van der Waals surface area contributed by atoms with Crippen molar-refractivity contribution in [2.75, 3.05) is 46.0 Å². The number of hydrogen-bond acceptors (Lipinski definition) is 4. The van der Waals surface area contributed by atoms with Crippen LogP contribution in [-0.2, 0) is 17.7 Å². The van der Waals surface area contributed by atoms with E-state index in [4.69, 9.17) is 9.73 Å². The summed E-state index contributed by atoms with van der Waals surface area (Å²) in [4.78, 5) is 7.36. The molecule has 0 saturated carbocycles. The first kappa shape index (κ1) is 21.1. The van der Waals surface area contributed by atoms with Gasteiger partial charge in [-0.05, 0) is 44.2 Å². The summed E-state index contributed by atoms with van der Waals surface area (Å²) in [6.07, 6.45) is 2.85. The van der Waals surface area contributed by atoms with Crippen LogP contribution in [0.5, 0.6) is 0 Å². The lowest BCUT2D eigenvalue weighted by molar-refractivity contribution is 0.131. The van der Waals surface area contributed by atoms with Crippen LogP contribution in [-0.4, -0.2) is 68.0 Å². The van der Waals surface area contributed by atoms with Gasteiger partial charge >= 0.3 is 0 Å². The number of nitrogens with one attached hydrogen (secondary N) is 2. The third kappa shape index (κ3) is 5.46. The largest absolute Gasteiger partial charge is 0.396 e. The average molecular weight is 389 g/mol. The fourth-order valence-corrected chi connectivity index (χ4v) is 4.14. The number of benzene rings is 1. The number of aliphatic hydroxyl groups is 1. The second-order valence-corrected chi connectivity index (χ2v) is 8.19. The van der Waals surface area contributed by atoms with Crippen molar-refractivity contribution >= 4 is 5.96 Å². The highest BCUT2D eigenvalue weighted by atomic mass is 16.5. The van der Waals surface area contributed by atoms with E-state index in [-0.39, 0.29) is 12.0 Å². The van der Waals surface area contributed by atoms with E-state index in [9.17, 15) is 5.11 Å². The fourth-order valence-electron chi connectivity index (χ4n) is 4.14. The first-order valence-electron chi connectivity index (χ1n) is 10.7. The summed E-state index contributed by atoms with van der Waals surface area (Å²) in [5, 5.41) is 16.3. The molecular weight excluding hydrogens is 352 g/mol. The van der Waals surface area contributed by atoms with E-state index in [1.165, 1.54) is 11.1 Å². The van der Waals surface area contributed by atoms with Crippen molar-refractivity contribution in [3.8, 4) is 0 Å². The Hall–Kier alpha value is -1.63. The molecule has 156 valence electrons. The summed E-state index contributed by atoms with van der Waals surface area (Å²) in [5.74, 6) is 0.857. The molecule has 0 spiro atoms. The molecule has 3 rings (SSSR count). The Morgan fingerprint density at radius 1 is 1.32 bits per heavy atom. The maximum atomic E-state index is 9.41. The van der Waals surface area contributed by atoms with Gasteiger partial charge in [-0.15, -0.1) is 0 Å². The summed E-state index contributed by atoms with van der Waals surface area (Å²) in [5.41, 5.74) is 2.93. The minimum Gasteiger partial charge on any atom is -0.396 e. The standard InChI is InChI=1S/C22H36N4O2/c1-3-23-21(25-16-22(9-12-27)10-13-28-17-22)24-14-18(2)26-11-8-19-6-4-5-7-20(19)15-26/h4-7,18,27H,3,8-17H2,1-2H3,(H2,23,24,25). The van der Waals surface area contributed by atoms with E-state index < -0.39 is 0 Å². The number of nitrogens with zero attached hydrogens (tertiary/aromatic N) is 2.